The van der Waals surface area contributed by atoms with Crippen molar-refractivity contribution in [3.05, 3.63) is 53.6 Å². The van der Waals surface area contributed by atoms with Gasteiger partial charge in [-0.05, 0) is 63.6 Å². The average molecular weight is 421 g/mol. The van der Waals surface area contributed by atoms with E-state index in [9.17, 15) is 13.2 Å². The minimum absolute atomic E-state index is 0.00744. The lowest BCUT2D eigenvalue weighted by Crippen LogP contribution is -2.31. The van der Waals surface area contributed by atoms with Crippen molar-refractivity contribution < 1.29 is 22.7 Å². The highest BCUT2D eigenvalue weighted by Crippen LogP contribution is 2.23. The molecule has 0 fully saturated rings. The first-order chi connectivity index (χ1) is 13.6. The number of rotatable bonds is 9. The van der Waals surface area contributed by atoms with Gasteiger partial charge >= 0.3 is 0 Å². The Morgan fingerprint density at radius 2 is 1.69 bits per heavy atom. The maximum absolute atomic E-state index is 12.7. The fourth-order valence-electron chi connectivity index (χ4n) is 2.59. The SMILES string of the molecule is COc1ccc(S(=O)(=O)NCc2ccc(OC(C)C)cc2)cc1C(=O)NC(C)C. The molecule has 0 bridgehead atoms. The van der Waals surface area contributed by atoms with Gasteiger partial charge in [-0.2, -0.15) is 0 Å². The minimum Gasteiger partial charge on any atom is -0.496 e. The van der Waals surface area contributed by atoms with Gasteiger partial charge in [0.1, 0.15) is 11.5 Å². The van der Waals surface area contributed by atoms with Gasteiger partial charge in [0, 0.05) is 12.6 Å². The normalized spacial score (nSPS) is 11.6. The molecule has 0 saturated heterocycles. The van der Waals surface area contributed by atoms with Gasteiger partial charge in [-0.25, -0.2) is 13.1 Å². The van der Waals surface area contributed by atoms with E-state index in [0.717, 1.165) is 11.3 Å². The molecule has 2 aromatic carbocycles. The fourth-order valence-corrected chi connectivity index (χ4v) is 3.63. The Balaban J connectivity index is 2.17. The molecule has 0 aliphatic heterocycles. The maximum Gasteiger partial charge on any atom is 0.255 e. The van der Waals surface area contributed by atoms with E-state index >= 15 is 0 Å². The van der Waals surface area contributed by atoms with E-state index in [1.165, 1.54) is 25.3 Å². The lowest BCUT2D eigenvalue weighted by atomic mass is 10.2. The van der Waals surface area contributed by atoms with Crippen LogP contribution >= 0.6 is 0 Å². The highest BCUT2D eigenvalue weighted by Gasteiger charge is 2.20. The number of nitrogens with one attached hydrogen (secondary N) is 2. The van der Waals surface area contributed by atoms with Crippen LogP contribution in [0.5, 0.6) is 11.5 Å². The second-order valence-electron chi connectivity index (χ2n) is 7.13. The van der Waals surface area contributed by atoms with E-state index in [1.807, 2.05) is 27.7 Å². The van der Waals surface area contributed by atoms with Crippen molar-refractivity contribution in [1.82, 2.24) is 10.0 Å². The van der Waals surface area contributed by atoms with Crippen LogP contribution in [0.4, 0.5) is 0 Å². The number of hydrogen-bond acceptors (Lipinski definition) is 5. The summed E-state index contributed by atoms with van der Waals surface area (Å²) in [4.78, 5) is 12.4. The fraction of sp³-hybridized carbons (Fsp3) is 0.381. The Hall–Kier alpha value is -2.58. The summed E-state index contributed by atoms with van der Waals surface area (Å²) in [6, 6.07) is 11.3. The summed E-state index contributed by atoms with van der Waals surface area (Å²) in [5.74, 6) is 0.639. The quantitative estimate of drug-likeness (QED) is 0.650. The Bertz CT molecular complexity index is 938. The summed E-state index contributed by atoms with van der Waals surface area (Å²) >= 11 is 0. The van der Waals surface area contributed by atoms with E-state index in [-0.39, 0.29) is 29.1 Å². The van der Waals surface area contributed by atoms with Crippen LogP contribution in [0.3, 0.4) is 0 Å². The Morgan fingerprint density at radius 3 is 2.24 bits per heavy atom. The first kappa shape index (κ1) is 22.7. The Labute approximate surface area is 172 Å². The molecule has 1 amide bonds. The molecule has 0 atom stereocenters. The largest absolute Gasteiger partial charge is 0.496 e. The number of methoxy groups -OCH3 is 1. The van der Waals surface area contributed by atoms with Crippen LogP contribution in [0.25, 0.3) is 0 Å². The van der Waals surface area contributed by atoms with Crippen LogP contribution in [-0.2, 0) is 16.6 Å². The van der Waals surface area contributed by atoms with Gasteiger partial charge in [0.15, 0.2) is 0 Å². The van der Waals surface area contributed by atoms with Gasteiger partial charge in [0.05, 0.1) is 23.7 Å². The molecule has 0 aliphatic rings. The number of ether oxygens (including phenoxy) is 2. The number of hydrogen-bond donors (Lipinski definition) is 2. The minimum atomic E-state index is -3.81. The Kier molecular flexibility index (Phi) is 7.64. The zero-order valence-electron chi connectivity index (χ0n) is 17.4. The average Bonchev–Trinajstić information content (AvgIpc) is 2.66. The van der Waals surface area contributed by atoms with Crippen LogP contribution in [0.1, 0.15) is 43.6 Å². The molecule has 0 unspecified atom stereocenters. The zero-order chi connectivity index (χ0) is 21.6. The summed E-state index contributed by atoms with van der Waals surface area (Å²) < 4.78 is 38.7. The second-order valence-corrected chi connectivity index (χ2v) is 8.89. The lowest BCUT2D eigenvalue weighted by Gasteiger charge is -2.14. The van der Waals surface area contributed by atoms with Crippen LogP contribution in [-0.4, -0.2) is 33.6 Å². The summed E-state index contributed by atoms with van der Waals surface area (Å²) in [7, 11) is -2.38. The highest BCUT2D eigenvalue weighted by molar-refractivity contribution is 7.89. The van der Waals surface area contributed by atoms with Crippen molar-refractivity contribution in [2.45, 2.75) is 51.3 Å². The third kappa shape index (κ3) is 6.47. The topological polar surface area (TPSA) is 93.7 Å². The molecule has 8 heteroatoms. The molecule has 0 aliphatic carbocycles. The molecular weight excluding hydrogens is 392 g/mol. The monoisotopic (exact) mass is 420 g/mol. The molecule has 2 rings (SSSR count). The summed E-state index contributed by atoms with van der Waals surface area (Å²) in [5, 5.41) is 2.74. The van der Waals surface area contributed by atoms with E-state index in [4.69, 9.17) is 9.47 Å². The van der Waals surface area contributed by atoms with E-state index in [0.29, 0.717) is 5.75 Å². The van der Waals surface area contributed by atoms with Crippen molar-refractivity contribution in [3.63, 3.8) is 0 Å². The van der Waals surface area contributed by atoms with Gasteiger partial charge in [-0.15, -0.1) is 0 Å². The number of sulfonamides is 1. The van der Waals surface area contributed by atoms with Gasteiger partial charge in [-0.1, -0.05) is 12.1 Å². The molecule has 29 heavy (non-hydrogen) atoms. The highest BCUT2D eigenvalue weighted by atomic mass is 32.2. The molecule has 2 aromatic rings. The third-order valence-corrected chi connectivity index (χ3v) is 5.31. The van der Waals surface area contributed by atoms with Crippen molar-refractivity contribution in [2.75, 3.05) is 7.11 Å². The summed E-state index contributed by atoms with van der Waals surface area (Å²) in [6.45, 7) is 7.64. The Morgan fingerprint density at radius 1 is 1.03 bits per heavy atom. The molecule has 0 heterocycles. The van der Waals surface area contributed by atoms with E-state index < -0.39 is 15.9 Å². The number of carbonyl (C=O) groups excluding carboxylic acids is 1. The van der Waals surface area contributed by atoms with Crippen LogP contribution < -0.4 is 19.5 Å². The molecule has 7 nitrogen and oxygen atoms in total. The van der Waals surface area contributed by atoms with Gasteiger partial charge in [-0.3, -0.25) is 4.79 Å². The molecule has 0 saturated carbocycles. The molecule has 0 aromatic heterocycles. The standard InChI is InChI=1S/C21H28N2O5S/c1-14(2)23-21(24)19-12-18(10-11-20(19)27-5)29(25,26)22-13-16-6-8-17(9-7-16)28-15(3)4/h6-12,14-15,22H,13H2,1-5H3,(H,23,24). The predicted octanol–water partition coefficient (Wildman–Crippen LogP) is 3.10. The van der Waals surface area contributed by atoms with Crippen LogP contribution in [0, 0.1) is 0 Å². The van der Waals surface area contributed by atoms with Gasteiger partial charge in [0.25, 0.3) is 5.91 Å². The third-order valence-electron chi connectivity index (χ3n) is 3.91. The molecule has 2 N–H and O–H groups in total. The van der Waals surface area contributed by atoms with E-state index in [2.05, 4.69) is 10.0 Å². The van der Waals surface area contributed by atoms with Gasteiger partial charge in [0.2, 0.25) is 10.0 Å². The maximum atomic E-state index is 12.7. The van der Waals surface area contributed by atoms with Crippen molar-refractivity contribution >= 4 is 15.9 Å². The van der Waals surface area contributed by atoms with Gasteiger partial charge < -0.3 is 14.8 Å². The second kappa shape index (κ2) is 9.76. The molecule has 0 spiro atoms. The van der Waals surface area contributed by atoms with Crippen molar-refractivity contribution in [2.24, 2.45) is 0 Å². The first-order valence-corrected chi connectivity index (χ1v) is 10.8. The number of carbonyl (C=O) groups is 1. The molecule has 158 valence electrons. The number of benzene rings is 2. The first-order valence-electron chi connectivity index (χ1n) is 9.36. The summed E-state index contributed by atoms with van der Waals surface area (Å²) in [6.07, 6.45) is 0.0662. The summed E-state index contributed by atoms with van der Waals surface area (Å²) in [5.41, 5.74) is 0.954. The van der Waals surface area contributed by atoms with E-state index in [1.54, 1.807) is 24.3 Å². The van der Waals surface area contributed by atoms with Crippen LogP contribution in [0.2, 0.25) is 0 Å². The van der Waals surface area contributed by atoms with Crippen LogP contribution in [0.15, 0.2) is 47.4 Å². The predicted molar refractivity (Wildman–Crippen MR) is 112 cm³/mol. The van der Waals surface area contributed by atoms with Crippen molar-refractivity contribution in [3.8, 4) is 11.5 Å². The molecular formula is C21H28N2O5S. The van der Waals surface area contributed by atoms with Crippen molar-refractivity contribution in [1.29, 1.82) is 0 Å². The lowest BCUT2D eigenvalue weighted by molar-refractivity contribution is 0.0940. The smallest absolute Gasteiger partial charge is 0.255 e. The molecule has 0 radical (unpaired) electrons. The number of amides is 1. The zero-order valence-corrected chi connectivity index (χ0v) is 18.2.